The first-order valence-corrected chi connectivity index (χ1v) is 6.98. The first-order valence-electron chi connectivity index (χ1n) is 4.70. The van der Waals surface area contributed by atoms with Gasteiger partial charge in [0, 0.05) is 29.6 Å². The molecule has 0 saturated heterocycles. The third-order valence-corrected chi connectivity index (χ3v) is 4.53. The Kier molecular flexibility index (Phi) is 4.48. The van der Waals surface area contributed by atoms with Crippen molar-refractivity contribution in [2.75, 3.05) is 5.75 Å². The standard InChI is InChI=1S/C9H16BrN3OS/c1-6(11)4-15(14)5-8-9(10)7(2)12-13(8)3/h6H,4-5,11H2,1-3H3. The molecule has 0 aliphatic carbocycles. The van der Waals surface area contributed by atoms with E-state index in [4.69, 9.17) is 5.73 Å². The number of aryl methyl sites for hydroxylation is 2. The summed E-state index contributed by atoms with van der Waals surface area (Å²) in [6, 6.07) is -0.0288. The van der Waals surface area contributed by atoms with E-state index in [9.17, 15) is 4.21 Å². The average molecular weight is 294 g/mol. The van der Waals surface area contributed by atoms with E-state index in [1.807, 2.05) is 20.9 Å². The Morgan fingerprint density at radius 2 is 2.27 bits per heavy atom. The van der Waals surface area contributed by atoms with Crippen LogP contribution in [0.4, 0.5) is 0 Å². The molecule has 2 atom stereocenters. The van der Waals surface area contributed by atoms with Crippen molar-refractivity contribution in [3.05, 3.63) is 15.9 Å². The van der Waals surface area contributed by atoms with Gasteiger partial charge in [0.15, 0.2) is 0 Å². The third-order valence-electron chi connectivity index (χ3n) is 2.01. The number of hydrogen-bond acceptors (Lipinski definition) is 3. The second kappa shape index (κ2) is 5.23. The van der Waals surface area contributed by atoms with Crippen LogP contribution in [0, 0.1) is 6.92 Å². The molecule has 0 radical (unpaired) electrons. The van der Waals surface area contributed by atoms with Crippen molar-refractivity contribution >= 4 is 26.7 Å². The van der Waals surface area contributed by atoms with E-state index in [0.717, 1.165) is 15.9 Å². The molecular weight excluding hydrogens is 278 g/mol. The van der Waals surface area contributed by atoms with Crippen LogP contribution in [0.5, 0.6) is 0 Å². The highest BCUT2D eigenvalue weighted by Crippen LogP contribution is 2.21. The zero-order valence-electron chi connectivity index (χ0n) is 9.16. The van der Waals surface area contributed by atoms with Crippen LogP contribution in [0.2, 0.25) is 0 Å². The van der Waals surface area contributed by atoms with Crippen LogP contribution < -0.4 is 5.73 Å². The Balaban J connectivity index is 2.76. The lowest BCUT2D eigenvalue weighted by Crippen LogP contribution is -2.24. The van der Waals surface area contributed by atoms with Gasteiger partial charge in [-0.15, -0.1) is 0 Å². The summed E-state index contributed by atoms with van der Waals surface area (Å²) < 4.78 is 14.4. The largest absolute Gasteiger partial charge is 0.327 e. The van der Waals surface area contributed by atoms with E-state index < -0.39 is 10.8 Å². The lowest BCUT2D eigenvalue weighted by Gasteiger charge is -2.06. The number of rotatable bonds is 4. The Bertz CT molecular complexity index is 376. The predicted molar refractivity (Wildman–Crippen MR) is 66.0 cm³/mol. The summed E-state index contributed by atoms with van der Waals surface area (Å²) in [4.78, 5) is 0. The van der Waals surface area contributed by atoms with Crippen molar-refractivity contribution in [3.8, 4) is 0 Å². The van der Waals surface area contributed by atoms with Crippen molar-refractivity contribution in [1.82, 2.24) is 9.78 Å². The Morgan fingerprint density at radius 3 is 2.67 bits per heavy atom. The zero-order valence-corrected chi connectivity index (χ0v) is 11.6. The fraction of sp³-hybridized carbons (Fsp3) is 0.667. The molecule has 0 spiro atoms. The van der Waals surface area contributed by atoms with Crippen molar-refractivity contribution in [3.63, 3.8) is 0 Å². The van der Waals surface area contributed by atoms with Crippen LogP contribution >= 0.6 is 15.9 Å². The van der Waals surface area contributed by atoms with E-state index in [1.165, 1.54) is 0 Å². The molecule has 1 heterocycles. The fourth-order valence-electron chi connectivity index (χ4n) is 1.34. The van der Waals surface area contributed by atoms with Gasteiger partial charge in [-0.2, -0.15) is 5.10 Å². The lowest BCUT2D eigenvalue weighted by molar-refractivity contribution is 0.669. The van der Waals surface area contributed by atoms with E-state index in [2.05, 4.69) is 21.0 Å². The van der Waals surface area contributed by atoms with Crippen molar-refractivity contribution in [2.45, 2.75) is 25.6 Å². The SMILES string of the molecule is Cc1nn(C)c(CS(=O)CC(C)N)c1Br. The smallest absolute Gasteiger partial charge is 0.0738 e. The van der Waals surface area contributed by atoms with Gasteiger partial charge in [-0.25, -0.2) is 0 Å². The molecule has 2 unspecified atom stereocenters. The summed E-state index contributed by atoms with van der Waals surface area (Å²) in [5, 5.41) is 4.25. The van der Waals surface area contributed by atoms with Crippen LogP contribution in [-0.4, -0.2) is 25.8 Å². The normalized spacial score (nSPS) is 15.3. The van der Waals surface area contributed by atoms with Gasteiger partial charge >= 0.3 is 0 Å². The molecule has 0 saturated carbocycles. The molecule has 0 aliphatic rings. The number of nitrogens with zero attached hydrogens (tertiary/aromatic N) is 2. The molecule has 86 valence electrons. The molecule has 4 nitrogen and oxygen atoms in total. The molecule has 0 amide bonds. The first kappa shape index (κ1) is 12.9. The van der Waals surface area contributed by atoms with E-state index in [-0.39, 0.29) is 6.04 Å². The van der Waals surface area contributed by atoms with Crippen LogP contribution in [0.1, 0.15) is 18.3 Å². The molecule has 1 aromatic rings. The minimum atomic E-state index is -0.924. The summed E-state index contributed by atoms with van der Waals surface area (Å²) in [5.41, 5.74) is 7.49. The van der Waals surface area contributed by atoms with Gasteiger partial charge in [0.25, 0.3) is 0 Å². The lowest BCUT2D eigenvalue weighted by atomic mass is 10.4. The highest BCUT2D eigenvalue weighted by atomic mass is 79.9. The zero-order chi connectivity index (χ0) is 11.6. The van der Waals surface area contributed by atoms with E-state index >= 15 is 0 Å². The summed E-state index contributed by atoms with van der Waals surface area (Å²) in [7, 11) is 0.933. The number of halogens is 1. The molecular formula is C9H16BrN3OS. The topological polar surface area (TPSA) is 60.9 Å². The van der Waals surface area contributed by atoms with Gasteiger partial charge < -0.3 is 5.73 Å². The van der Waals surface area contributed by atoms with Crippen molar-refractivity contribution in [1.29, 1.82) is 0 Å². The summed E-state index contributed by atoms with van der Waals surface area (Å²) in [6.45, 7) is 3.78. The maximum absolute atomic E-state index is 11.7. The molecule has 6 heteroatoms. The maximum atomic E-state index is 11.7. The van der Waals surface area contributed by atoms with Gasteiger partial charge in [-0.05, 0) is 29.8 Å². The average Bonchev–Trinajstić information content (AvgIpc) is 2.31. The summed E-state index contributed by atoms with van der Waals surface area (Å²) >= 11 is 3.45. The molecule has 15 heavy (non-hydrogen) atoms. The fourth-order valence-corrected chi connectivity index (χ4v) is 3.34. The molecule has 0 aliphatic heterocycles. The van der Waals surface area contributed by atoms with E-state index in [1.54, 1.807) is 4.68 Å². The van der Waals surface area contributed by atoms with Gasteiger partial charge in [-0.3, -0.25) is 8.89 Å². The second-order valence-electron chi connectivity index (χ2n) is 3.70. The van der Waals surface area contributed by atoms with E-state index in [0.29, 0.717) is 11.5 Å². The van der Waals surface area contributed by atoms with Gasteiger partial charge in [-0.1, -0.05) is 0 Å². The van der Waals surface area contributed by atoms with Gasteiger partial charge in [0.2, 0.25) is 0 Å². The highest BCUT2D eigenvalue weighted by molar-refractivity contribution is 9.10. The number of hydrogen-bond donors (Lipinski definition) is 1. The summed E-state index contributed by atoms with van der Waals surface area (Å²) in [5.74, 6) is 1.02. The minimum Gasteiger partial charge on any atom is -0.327 e. The monoisotopic (exact) mass is 293 g/mol. The van der Waals surface area contributed by atoms with Crippen LogP contribution in [-0.2, 0) is 23.6 Å². The molecule has 0 bridgehead atoms. The Morgan fingerprint density at radius 1 is 1.67 bits per heavy atom. The Hall–Kier alpha value is -0.200. The number of nitrogens with two attached hydrogens (primary N) is 1. The molecule has 1 rings (SSSR count). The van der Waals surface area contributed by atoms with Gasteiger partial charge in [0.05, 0.1) is 21.6 Å². The first-order chi connectivity index (χ1) is 6.91. The Labute approximate surface area is 101 Å². The van der Waals surface area contributed by atoms with Crippen LogP contribution in [0.25, 0.3) is 0 Å². The number of aromatic nitrogens is 2. The maximum Gasteiger partial charge on any atom is 0.0738 e. The van der Waals surface area contributed by atoms with Crippen LogP contribution in [0.15, 0.2) is 4.47 Å². The quantitative estimate of drug-likeness (QED) is 0.904. The minimum absolute atomic E-state index is 0.0288. The van der Waals surface area contributed by atoms with Crippen molar-refractivity contribution in [2.24, 2.45) is 12.8 Å². The second-order valence-corrected chi connectivity index (χ2v) is 5.99. The van der Waals surface area contributed by atoms with Crippen molar-refractivity contribution < 1.29 is 4.21 Å². The highest BCUT2D eigenvalue weighted by Gasteiger charge is 2.14. The molecule has 0 aromatic carbocycles. The predicted octanol–water partition coefficient (Wildman–Crippen LogP) is 1.09. The molecule has 2 N–H and O–H groups in total. The molecule has 1 aromatic heterocycles. The third kappa shape index (κ3) is 3.39. The summed E-state index contributed by atoms with van der Waals surface area (Å²) in [6.07, 6.45) is 0. The molecule has 0 fully saturated rings. The van der Waals surface area contributed by atoms with Crippen LogP contribution in [0.3, 0.4) is 0 Å². The van der Waals surface area contributed by atoms with Gasteiger partial charge in [0.1, 0.15) is 0 Å².